The Hall–Kier alpha value is -0.660. The van der Waals surface area contributed by atoms with Gasteiger partial charge in [0.15, 0.2) is 0 Å². The van der Waals surface area contributed by atoms with Crippen LogP contribution in [-0.4, -0.2) is 11.6 Å². The van der Waals surface area contributed by atoms with Crippen LogP contribution in [0.15, 0.2) is 0 Å². The molecule has 0 heterocycles. The molecule has 0 spiro atoms. The van der Waals surface area contributed by atoms with Gasteiger partial charge in [0.05, 0.1) is 0 Å². The Labute approximate surface area is 157 Å². The molecule has 6 aliphatic carbocycles. The fraction of sp³-hybridized carbons (Fsp3) is 0.917. The van der Waals surface area contributed by atoms with Crippen LogP contribution in [0.5, 0.6) is 0 Å². The Balaban J connectivity index is 1.35. The van der Waals surface area contributed by atoms with Crippen LogP contribution in [-0.2, 0) is 9.59 Å². The zero-order chi connectivity index (χ0) is 17.4. The summed E-state index contributed by atoms with van der Waals surface area (Å²) in [5.74, 6) is 6.35. The van der Waals surface area contributed by atoms with Gasteiger partial charge in [-0.05, 0) is 80.5 Å². The minimum atomic E-state index is 0.260. The molecule has 0 aromatic heterocycles. The van der Waals surface area contributed by atoms with Crippen LogP contribution in [0.1, 0.15) is 77.0 Å². The first-order chi connectivity index (χ1) is 12.8. The third-order valence-corrected chi connectivity index (χ3v) is 10.2. The van der Waals surface area contributed by atoms with Crippen LogP contribution in [0.25, 0.3) is 0 Å². The minimum absolute atomic E-state index is 0.260. The second kappa shape index (κ2) is 5.92. The molecule has 0 bridgehead atoms. The quantitative estimate of drug-likeness (QED) is 0.610. The van der Waals surface area contributed by atoms with Crippen molar-refractivity contribution in [1.82, 2.24) is 0 Å². The number of hydrogen-bond acceptors (Lipinski definition) is 2. The molecule has 26 heavy (non-hydrogen) atoms. The Morgan fingerprint density at radius 2 is 1.19 bits per heavy atom. The summed E-state index contributed by atoms with van der Waals surface area (Å²) in [6.45, 7) is 0. The highest BCUT2D eigenvalue weighted by atomic mass is 16.1. The van der Waals surface area contributed by atoms with Gasteiger partial charge in [-0.2, -0.15) is 0 Å². The highest BCUT2D eigenvalue weighted by Gasteiger charge is 2.64. The largest absolute Gasteiger partial charge is 0.299 e. The van der Waals surface area contributed by atoms with Crippen LogP contribution >= 0.6 is 0 Å². The molecule has 10 unspecified atom stereocenters. The van der Waals surface area contributed by atoms with E-state index in [1.807, 2.05) is 0 Å². The van der Waals surface area contributed by atoms with Crippen molar-refractivity contribution in [1.29, 1.82) is 0 Å². The number of carbonyl (C=O) groups excluding carboxylic acids is 2. The molecule has 0 amide bonds. The van der Waals surface area contributed by atoms with Crippen molar-refractivity contribution in [3.63, 3.8) is 0 Å². The maximum Gasteiger partial charge on any atom is 0.139 e. The Morgan fingerprint density at radius 1 is 0.500 bits per heavy atom. The van der Waals surface area contributed by atoms with E-state index in [1.54, 1.807) is 0 Å². The van der Waals surface area contributed by atoms with Crippen LogP contribution in [0.4, 0.5) is 0 Å². The summed E-state index contributed by atoms with van der Waals surface area (Å²) >= 11 is 0. The van der Waals surface area contributed by atoms with Gasteiger partial charge in [0.25, 0.3) is 0 Å². The molecule has 6 saturated carbocycles. The number of Topliss-reactive ketones (excluding diaryl/α,β-unsaturated/α-hetero) is 2. The predicted octanol–water partition coefficient (Wildman–Crippen LogP) is 5.05. The van der Waals surface area contributed by atoms with Gasteiger partial charge in [-0.3, -0.25) is 9.59 Å². The summed E-state index contributed by atoms with van der Waals surface area (Å²) in [6.07, 6.45) is 15.3. The summed E-state index contributed by atoms with van der Waals surface area (Å²) in [5, 5.41) is 0. The zero-order valence-corrected chi connectivity index (χ0v) is 16.1. The number of fused-ring (bicyclic) bond motifs is 9. The lowest BCUT2D eigenvalue weighted by Gasteiger charge is -2.45. The zero-order valence-electron chi connectivity index (χ0n) is 16.1. The van der Waals surface area contributed by atoms with Crippen LogP contribution < -0.4 is 0 Å². The van der Waals surface area contributed by atoms with E-state index in [4.69, 9.17) is 0 Å². The molecule has 6 fully saturated rings. The third kappa shape index (κ3) is 2.05. The van der Waals surface area contributed by atoms with E-state index in [0.29, 0.717) is 53.0 Å². The number of carbonyl (C=O) groups is 2. The van der Waals surface area contributed by atoms with Crippen LogP contribution in [0.2, 0.25) is 0 Å². The van der Waals surface area contributed by atoms with Crippen LogP contribution in [0.3, 0.4) is 0 Å². The summed E-state index contributed by atoms with van der Waals surface area (Å²) in [6, 6.07) is 0. The summed E-state index contributed by atoms with van der Waals surface area (Å²) < 4.78 is 0. The molecule has 0 aliphatic heterocycles. The van der Waals surface area contributed by atoms with Gasteiger partial charge in [0, 0.05) is 23.7 Å². The van der Waals surface area contributed by atoms with E-state index in [2.05, 4.69) is 0 Å². The number of hydrogen-bond donors (Lipinski definition) is 0. The molecule has 2 heteroatoms. The van der Waals surface area contributed by atoms with Gasteiger partial charge < -0.3 is 0 Å². The lowest BCUT2D eigenvalue weighted by atomic mass is 9.59. The van der Waals surface area contributed by atoms with Gasteiger partial charge in [0.1, 0.15) is 11.6 Å². The fourth-order valence-corrected chi connectivity index (χ4v) is 9.40. The van der Waals surface area contributed by atoms with Gasteiger partial charge in [0.2, 0.25) is 0 Å². The maximum absolute atomic E-state index is 13.5. The molecule has 0 aromatic carbocycles. The van der Waals surface area contributed by atoms with Gasteiger partial charge in [-0.25, -0.2) is 0 Å². The van der Waals surface area contributed by atoms with E-state index in [9.17, 15) is 9.59 Å². The van der Waals surface area contributed by atoms with E-state index >= 15 is 0 Å². The lowest BCUT2D eigenvalue weighted by Crippen LogP contribution is -2.41. The molecular weight excluding hydrogens is 320 g/mol. The number of rotatable bonds is 0. The normalized spacial score (nSPS) is 55.5. The van der Waals surface area contributed by atoms with Gasteiger partial charge >= 0.3 is 0 Å². The van der Waals surface area contributed by atoms with E-state index < -0.39 is 0 Å². The smallest absolute Gasteiger partial charge is 0.139 e. The summed E-state index contributed by atoms with van der Waals surface area (Å²) in [4.78, 5) is 27.0. The Morgan fingerprint density at radius 3 is 2.08 bits per heavy atom. The molecule has 0 saturated heterocycles. The molecule has 6 rings (SSSR count). The van der Waals surface area contributed by atoms with E-state index in [-0.39, 0.29) is 11.8 Å². The molecule has 2 nitrogen and oxygen atoms in total. The Kier molecular flexibility index (Phi) is 3.71. The van der Waals surface area contributed by atoms with Crippen molar-refractivity contribution in [2.45, 2.75) is 77.0 Å². The number of ketones is 2. The van der Waals surface area contributed by atoms with Gasteiger partial charge in [-0.15, -0.1) is 0 Å². The molecule has 6 aliphatic rings. The maximum atomic E-state index is 13.5. The predicted molar refractivity (Wildman–Crippen MR) is 100 cm³/mol. The average molecular weight is 355 g/mol. The molecule has 0 radical (unpaired) electrons. The topological polar surface area (TPSA) is 34.1 Å². The SMILES string of the molecule is O=C1C2CCC3C4CCCCC4C(=O)C3C2C2CCC3CCCCC3C12. The van der Waals surface area contributed by atoms with Crippen molar-refractivity contribution in [2.24, 2.45) is 59.2 Å². The average Bonchev–Trinajstić information content (AvgIpc) is 3.15. The van der Waals surface area contributed by atoms with Crippen molar-refractivity contribution < 1.29 is 9.59 Å². The first-order valence-corrected chi connectivity index (χ1v) is 11.8. The lowest BCUT2D eigenvalue weighted by molar-refractivity contribution is -0.130. The molecule has 0 aromatic rings. The van der Waals surface area contributed by atoms with Crippen molar-refractivity contribution >= 4 is 11.6 Å². The van der Waals surface area contributed by atoms with Crippen molar-refractivity contribution in [2.75, 3.05) is 0 Å². The van der Waals surface area contributed by atoms with Crippen LogP contribution in [0, 0.1) is 59.2 Å². The fourth-order valence-electron chi connectivity index (χ4n) is 9.40. The van der Waals surface area contributed by atoms with Gasteiger partial charge in [-0.1, -0.05) is 32.1 Å². The third-order valence-electron chi connectivity index (χ3n) is 10.2. The Bertz CT molecular complexity index is 624. The summed E-state index contributed by atoms with van der Waals surface area (Å²) in [5.41, 5.74) is 0. The highest BCUT2D eigenvalue weighted by Crippen LogP contribution is 2.64. The molecule has 0 N–H and O–H groups in total. The monoisotopic (exact) mass is 354 g/mol. The second-order valence-corrected chi connectivity index (χ2v) is 10.8. The van der Waals surface area contributed by atoms with E-state index in [0.717, 1.165) is 18.8 Å². The highest BCUT2D eigenvalue weighted by molar-refractivity contribution is 5.92. The van der Waals surface area contributed by atoms with E-state index in [1.165, 1.54) is 64.2 Å². The van der Waals surface area contributed by atoms with Crippen molar-refractivity contribution in [3.8, 4) is 0 Å². The van der Waals surface area contributed by atoms with Crippen molar-refractivity contribution in [3.05, 3.63) is 0 Å². The second-order valence-electron chi connectivity index (χ2n) is 10.8. The molecular formula is C24H34O2. The molecule has 142 valence electrons. The minimum Gasteiger partial charge on any atom is -0.299 e. The first-order valence-electron chi connectivity index (χ1n) is 11.8. The first kappa shape index (κ1) is 16.3. The standard InChI is InChI=1S/C24H34O2/c25-23-17-8-4-3-7-15(17)16-11-12-19-20(22(16)23)18-10-9-13-5-1-2-6-14(13)21(18)24(19)26/h13-22H,1-12H2. The molecule has 10 atom stereocenters. The summed E-state index contributed by atoms with van der Waals surface area (Å²) in [7, 11) is 0.